The summed E-state index contributed by atoms with van der Waals surface area (Å²) in [5.74, 6) is 0.103. The Hall–Kier alpha value is -1.69. The van der Waals surface area contributed by atoms with Crippen LogP contribution in [0.3, 0.4) is 0 Å². The van der Waals surface area contributed by atoms with Gasteiger partial charge in [0.1, 0.15) is 5.69 Å². The molecule has 1 aliphatic rings. The highest BCUT2D eigenvalue weighted by Gasteiger charge is 2.26. The molecule has 3 N–H and O–H groups in total. The van der Waals surface area contributed by atoms with E-state index in [0.717, 1.165) is 23.9 Å². The fraction of sp³-hybridized carbons (Fsp3) is 0.615. The van der Waals surface area contributed by atoms with E-state index in [1.807, 2.05) is 0 Å². The monoisotopic (exact) mass is 264 g/mol. The van der Waals surface area contributed by atoms with E-state index in [1.54, 1.807) is 0 Å². The standard InChI is InChI=1S/C13H20N4O2/c1-17-12(18)7-6-11(16-17)13(19)15-10-5-3-2-4-9(10)8-14/h6-7,9-10H,2-5,8,14H2,1H3,(H,15,19). The number of nitrogens with two attached hydrogens (primary N) is 1. The van der Waals surface area contributed by atoms with Gasteiger partial charge in [0.05, 0.1) is 0 Å². The predicted molar refractivity (Wildman–Crippen MR) is 71.7 cm³/mol. The zero-order valence-corrected chi connectivity index (χ0v) is 11.1. The van der Waals surface area contributed by atoms with Crippen LogP contribution in [0.1, 0.15) is 36.2 Å². The molecular weight excluding hydrogens is 244 g/mol. The molecule has 2 atom stereocenters. The summed E-state index contributed by atoms with van der Waals surface area (Å²) in [7, 11) is 1.53. The van der Waals surface area contributed by atoms with Gasteiger partial charge in [0.2, 0.25) is 0 Å². The topological polar surface area (TPSA) is 90.0 Å². The molecule has 1 heterocycles. The Balaban J connectivity index is 2.07. The first kappa shape index (κ1) is 13.7. The van der Waals surface area contributed by atoms with Crippen LogP contribution in [0, 0.1) is 5.92 Å². The maximum Gasteiger partial charge on any atom is 0.271 e. The molecule has 6 heteroatoms. The Kier molecular flexibility index (Phi) is 4.31. The fourth-order valence-corrected chi connectivity index (χ4v) is 2.55. The van der Waals surface area contributed by atoms with Gasteiger partial charge in [0, 0.05) is 19.2 Å². The van der Waals surface area contributed by atoms with E-state index in [-0.39, 0.29) is 23.2 Å². The van der Waals surface area contributed by atoms with E-state index in [0.29, 0.717) is 12.5 Å². The third kappa shape index (κ3) is 3.20. The van der Waals surface area contributed by atoms with Crippen molar-refractivity contribution >= 4 is 5.91 Å². The number of rotatable bonds is 3. The van der Waals surface area contributed by atoms with E-state index < -0.39 is 0 Å². The second kappa shape index (κ2) is 5.97. The SMILES string of the molecule is Cn1nc(C(=O)NC2CCCCC2CN)ccc1=O. The molecule has 1 saturated carbocycles. The number of nitrogens with zero attached hydrogens (tertiary/aromatic N) is 2. The molecule has 1 aromatic rings. The summed E-state index contributed by atoms with van der Waals surface area (Å²) < 4.78 is 1.16. The number of aryl methyl sites for hydroxylation is 1. The predicted octanol–water partition coefficient (Wildman–Crippen LogP) is 0.0276. The van der Waals surface area contributed by atoms with Crippen LogP contribution >= 0.6 is 0 Å². The molecule has 1 amide bonds. The number of carbonyl (C=O) groups excluding carboxylic acids is 1. The lowest BCUT2D eigenvalue weighted by Gasteiger charge is -2.31. The number of hydrogen-bond donors (Lipinski definition) is 2. The van der Waals surface area contributed by atoms with Crippen molar-refractivity contribution in [2.24, 2.45) is 18.7 Å². The molecule has 2 rings (SSSR count). The minimum Gasteiger partial charge on any atom is -0.348 e. The van der Waals surface area contributed by atoms with Crippen molar-refractivity contribution in [1.82, 2.24) is 15.1 Å². The summed E-state index contributed by atoms with van der Waals surface area (Å²) >= 11 is 0. The summed E-state index contributed by atoms with van der Waals surface area (Å²) in [6, 6.07) is 2.92. The van der Waals surface area contributed by atoms with E-state index in [1.165, 1.54) is 25.6 Å². The van der Waals surface area contributed by atoms with Gasteiger partial charge in [-0.2, -0.15) is 5.10 Å². The van der Waals surface area contributed by atoms with Crippen LogP contribution in [0.2, 0.25) is 0 Å². The average molecular weight is 264 g/mol. The van der Waals surface area contributed by atoms with Gasteiger partial charge in [-0.15, -0.1) is 0 Å². The summed E-state index contributed by atoms with van der Waals surface area (Å²) in [5.41, 5.74) is 5.78. The summed E-state index contributed by atoms with van der Waals surface area (Å²) in [6.07, 6.45) is 4.30. The fourth-order valence-electron chi connectivity index (χ4n) is 2.55. The zero-order valence-electron chi connectivity index (χ0n) is 11.1. The van der Waals surface area contributed by atoms with E-state index >= 15 is 0 Å². The molecular formula is C13H20N4O2. The van der Waals surface area contributed by atoms with Crippen LogP contribution in [0.15, 0.2) is 16.9 Å². The van der Waals surface area contributed by atoms with E-state index in [2.05, 4.69) is 10.4 Å². The quantitative estimate of drug-likeness (QED) is 0.805. The third-order valence-corrected chi connectivity index (χ3v) is 3.72. The van der Waals surface area contributed by atoms with Crippen LogP contribution < -0.4 is 16.6 Å². The summed E-state index contributed by atoms with van der Waals surface area (Å²) in [6.45, 7) is 0.589. The summed E-state index contributed by atoms with van der Waals surface area (Å²) in [4.78, 5) is 23.3. The lowest BCUT2D eigenvalue weighted by atomic mass is 9.84. The Bertz CT molecular complexity index is 512. The van der Waals surface area contributed by atoms with Crippen LogP contribution in [0.4, 0.5) is 0 Å². The van der Waals surface area contributed by atoms with Gasteiger partial charge in [-0.05, 0) is 31.4 Å². The van der Waals surface area contributed by atoms with Crippen LogP contribution in [-0.4, -0.2) is 28.3 Å². The van der Waals surface area contributed by atoms with Crippen molar-refractivity contribution in [2.45, 2.75) is 31.7 Å². The molecule has 2 unspecified atom stereocenters. The van der Waals surface area contributed by atoms with Crippen molar-refractivity contribution < 1.29 is 4.79 Å². The van der Waals surface area contributed by atoms with Crippen molar-refractivity contribution in [3.05, 3.63) is 28.2 Å². The highest BCUT2D eigenvalue weighted by Crippen LogP contribution is 2.23. The van der Waals surface area contributed by atoms with Gasteiger partial charge in [0.25, 0.3) is 11.5 Å². The Morgan fingerprint density at radius 1 is 1.47 bits per heavy atom. The molecule has 0 aliphatic heterocycles. The Labute approximate surface area is 112 Å². The molecule has 0 spiro atoms. The van der Waals surface area contributed by atoms with Crippen LogP contribution in [0.5, 0.6) is 0 Å². The molecule has 0 bridgehead atoms. The molecule has 1 aliphatic carbocycles. The number of hydrogen-bond acceptors (Lipinski definition) is 4. The number of nitrogens with one attached hydrogen (secondary N) is 1. The van der Waals surface area contributed by atoms with Gasteiger partial charge >= 0.3 is 0 Å². The molecule has 104 valence electrons. The van der Waals surface area contributed by atoms with E-state index in [4.69, 9.17) is 5.73 Å². The number of carbonyl (C=O) groups is 1. The van der Waals surface area contributed by atoms with Crippen molar-refractivity contribution in [1.29, 1.82) is 0 Å². The average Bonchev–Trinajstić information content (AvgIpc) is 2.42. The van der Waals surface area contributed by atoms with Crippen molar-refractivity contribution in [3.8, 4) is 0 Å². The minimum absolute atomic E-state index is 0.116. The molecule has 19 heavy (non-hydrogen) atoms. The van der Waals surface area contributed by atoms with Gasteiger partial charge in [-0.1, -0.05) is 12.8 Å². The summed E-state index contributed by atoms with van der Waals surface area (Å²) in [5, 5.41) is 6.94. The first-order valence-electron chi connectivity index (χ1n) is 6.67. The van der Waals surface area contributed by atoms with Gasteiger partial charge in [0.15, 0.2) is 0 Å². The van der Waals surface area contributed by atoms with Crippen molar-refractivity contribution in [3.63, 3.8) is 0 Å². The molecule has 1 aromatic heterocycles. The largest absolute Gasteiger partial charge is 0.348 e. The Morgan fingerprint density at radius 2 is 2.21 bits per heavy atom. The molecule has 0 aromatic carbocycles. The smallest absolute Gasteiger partial charge is 0.271 e. The number of amides is 1. The molecule has 0 saturated heterocycles. The molecule has 6 nitrogen and oxygen atoms in total. The second-order valence-electron chi connectivity index (χ2n) is 5.04. The molecule has 0 radical (unpaired) electrons. The number of aromatic nitrogens is 2. The second-order valence-corrected chi connectivity index (χ2v) is 5.04. The van der Waals surface area contributed by atoms with Gasteiger partial charge in [-0.25, -0.2) is 4.68 Å². The lowest BCUT2D eigenvalue weighted by Crippen LogP contribution is -2.45. The zero-order chi connectivity index (χ0) is 13.8. The molecule has 1 fully saturated rings. The Morgan fingerprint density at radius 3 is 2.89 bits per heavy atom. The first-order valence-corrected chi connectivity index (χ1v) is 6.67. The third-order valence-electron chi connectivity index (χ3n) is 3.72. The normalized spacial score (nSPS) is 23.1. The lowest BCUT2D eigenvalue weighted by molar-refractivity contribution is 0.0900. The maximum atomic E-state index is 12.1. The highest BCUT2D eigenvalue weighted by atomic mass is 16.2. The van der Waals surface area contributed by atoms with Crippen LogP contribution in [0.25, 0.3) is 0 Å². The van der Waals surface area contributed by atoms with Crippen molar-refractivity contribution in [2.75, 3.05) is 6.54 Å². The van der Waals surface area contributed by atoms with Gasteiger partial charge < -0.3 is 11.1 Å². The first-order chi connectivity index (χ1) is 9.11. The maximum absolute atomic E-state index is 12.1. The minimum atomic E-state index is -0.235. The highest BCUT2D eigenvalue weighted by molar-refractivity contribution is 5.92. The van der Waals surface area contributed by atoms with Gasteiger partial charge in [-0.3, -0.25) is 9.59 Å². The van der Waals surface area contributed by atoms with E-state index in [9.17, 15) is 9.59 Å². The van der Waals surface area contributed by atoms with Crippen LogP contribution in [-0.2, 0) is 7.05 Å².